The molecule has 1 fully saturated rings. The van der Waals surface area contributed by atoms with Crippen LogP contribution in [0, 0.1) is 0 Å². The molecule has 25 heavy (non-hydrogen) atoms. The number of carboxylic acids is 1. The number of likely N-dealkylation sites (tertiary alicyclic amines) is 1. The Morgan fingerprint density at radius 2 is 1.96 bits per heavy atom. The van der Waals surface area contributed by atoms with Crippen LogP contribution in [0.25, 0.3) is 0 Å². The summed E-state index contributed by atoms with van der Waals surface area (Å²) in [5.74, 6) is -1.56. The molecule has 9 heteroatoms. The average molecular weight is 370 g/mol. The molecule has 1 aliphatic rings. The van der Waals surface area contributed by atoms with Gasteiger partial charge < -0.3 is 14.7 Å². The summed E-state index contributed by atoms with van der Waals surface area (Å²) in [5, 5.41) is 9.29. The van der Waals surface area contributed by atoms with Crippen LogP contribution in [0.5, 0.6) is 0 Å². The molecule has 1 aliphatic heterocycles. The molecular weight excluding hydrogens is 348 g/mol. The van der Waals surface area contributed by atoms with Crippen molar-refractivity contribution in [3.63, 3.8) is 0 Å². The van der Waals surface area contributed by atoms with Gasteiger partial charge in [0.1, 0.15) is 0 Å². The fourth-order valence-electron chi connectivity index (χ4n) is 2.87. The number of methoxy groups -OCH3 is 1. The molecule has 138 valence electrons. The number of amides is 1. The maximum atomic E-state index is 12.8. The molecule has 0 bridgehead atoms. The first kappa shape index (κ1) is 19.2. The van der Waals surface area contributed by atoms with Crippen LogP contribution in [0.15, 0.2) is 18.2 Å². The SMILES string of the molecule is COC[C@H]1CCCN1C(=O)c1cc(C(=O)O)cc(N(C)S(C)(=O)=O)c1. The maximum absolute atomic E-state index is 12.8. The van der Waals surface area contributed by atoms with Crippen molar-refractivity contribution in [2.45, 2.75) is 18.9 Å². The molecule has 0 spiro atoms. The number of hydrogen-bond donors (Lipinski definition) is 1. The van der Waals surface area contributed by atoms with E-state index in [2.05, 4.69) is 0 Å². The van der Waals surface area contributed by atoms with Gasteiger partial charge in [0.05, 0.1) is 30.2 Å². The van der Waals surface area contributed by atoms with E-state index in [1.807, 2.05) is 0 Å². The van der Waals surface area contributed by atoms with Crippen LogP contribution >= 0.6 is 0 Å². The number of nitrogens with zero attached hydrogens (tertiary/aromatic N) is 2. The van der Waals surface area contributed by atoms with Gasteiger partial charge in [-0.25, -0.2) is 13.2 Å². The number of carbonyl (C=O) groups excluding carboxylic acids is 1. The normalized spacial score (nSPS) is 17.6. The second kappa shape index (κ2) is 7.40. The van der Waals surface area contributed by atoms with Crippen LogP contribution in [0.4, 0.5) is 5.69 Å². The Balaban J connectivity index is 2.44. The van der Waals surface area contributed by atoms with E-state index in [0.717, 1.165) is 23.4 Å². The summed E-state index contributed by atoms with van der Waals surface area (Å²) in [6, 6.07) is 3.84. The zero-order chi connectivity index (χ0) is 18.8. The summed E-state index contributed by atoms with van der Waals surface area (Å²) in [7, 11) is -0.709. The largest absolute Gasteiger partial charge is 0.478 e. The third-order valence-corrected chi connectivity index (χ3v) is 5.48. The molecule has 1 amide bonds. The second-order valence-electron chi connectivity index (χ2n) is 6.05. The monoisotopic (exact) mass is 370 g/mol. The van der Waals surface area contributed by atoms with Crippen molar-refractivity contribution in [1.82, 2.24) is 4.90 Å². The lowest BCUT2D eigenvalue weighted by molar-refractivity contribution is 0.0630. The lowest BCUT2D eigenvalue weighted by Crippen LogP contribution is -2.38. The van der Waals surface area contributed by atoms with Crippen LogP contribution in [0.3, 0.4) is 0 Å². The molecule has 1 atom stereocenters. The molecule has 1 aromatic rings. The van der Waals surface area contributed by atoms with Crippen LogP contribution in [0.2, 0.25) is 0 Å². The summed E-state index contributed by atoms with van der Waals surface area (Å²) >= 11 is 0. The van der Waals surface area contributed by atoms with Gasteiger partial charge in [0.2, 0.25) is 10.0 Å². The zero-order valence-electron chi connectivity index (χ0n) is 14.4. The summed E-state index contributed by atoms with van der Waals surface area (Å²) < 4.78 is 29.6. The van der Waals surface area contributed by atoms with Gasteiger partial charge in [-0.05, 0) is 31.0 Å². The predicted octanol–water partition coefficient (Wildman–Crippen LogP) is 1.03. The van der Waals surface area contributed by atoms with Crippen molar-refractivity contribution in [2.24, 2.45) is 0 Å². The number of carboxylic acid groups (broad SMARTS) is 1. The minimum absolute atomic E-state index is 0.0675. The van der Waals surface area contributed by atoms with E-state index in [4.69, 9.17) is 4.74 Å². The van der Waals surface area contributed by atoms with Gasteiger partial charge in [-0.15, -0.1) is 0 Å². The maximum Gasteiger partial charge on any atom is 0.335 e. The highest BCUT2D eigenvalue weighted by atomic mass is 32.2. The number of benzene rings is 1. The highest BCUT2D eigenvalue weighted by Crippen LogP contribution is 2.25. The number of anilines is 1. The summed E-state index contributed by atoms with van der Waals surface area (Å²) in [6.45, 7) is 0.960. The van der Waals surface area contributed by atoms with Gasteiger partial charge in [-0.3, -0.25) is 9.10 Å². The van der Waals surface area contributed by atoms with E-state index < -0.39 is 16.0 Å². The Labute approximate surface area is 147 Å². The molecule has 8 nitrogen and oxygen atoms in total. The highest BCUT2D eigenvalue weighted by molar-refractivity contribution is 7.92. The van der Waals surface area contributed by atoms with E-state index in [1.54, 1.807) is 12.0 Å². The molecule has 1 heterocycles. The minimum Gasteiger partial charge on any atom is -0.478 e. The van der Waals surface area contributed by atoms with Gasteiger partial charge >= 0.3 is 5.97 Å². The first-order chi connectivity index (χ1) is 11.6. The molecule has 1 aromatic carbocycles. The van der Waals surface area contributed by atoms with Crippen molar-refractivity contribution in [2.75, 3.05) is 37.9 Å². The first-order valence-electron chi connectivity index (χ1n) is 7.77. The van der Waals surface area contributed by atoms with Crippen molar-refractivity contribution >= 4 is 27.6 Å². The summed E-state index contributed by atoms with van der Waals surface area (Å²) in [5.41, 5.74) is 0.139. The Kier molecular flexibility index (Phi) is 5.69. The lowest BCUT2D eigenvalue weighted by Gasteiger charge is -2.25. The lowest BCUT2D eigenvalue weighted by atomic mass is 10.1. The van der Waals surface area contributed by atoms with Crippen molar-refractivity contribution < 1.29 is 27.9 Å². The van der Waals surface area contributed by atoms with E-state index in [-0.39, 0.29) is 28.8 Å². The molecular formula is C16H22N2O6S. The van der Waals surface area contributed by atoms with Gasteiger partial charge in [0.15, 0.2) is 0 Å². The smallest absolute Gasteiger partial charge is 0.335 e. The van der Waals surface area contributed by atoms with Crippen molar-refractivity contribution in [3.8, 4) is 0 Å². The van der Waals surface area contributed by atoms with E-state index in [0.29, 0.717) is 13.2 Å². The second-order valence-corrected chi connectivity index (χ2v) is 8.07. The van der Waals surface area contributed by atoms with Crippen LogP contribution in [-0.4, -0.2) is 69.9 Å². The Hall–Kier alpha value is -2.13. The molecule has 0 radical (unpaired) electrons. The Bertz CT molecular complexity index is 777. The summed E-state index contributed by atoms with van der Waals surface area (Å²) in [4.78, 5) is 25.9. The zero-order valence-corrected chi connectivity index (χ0v) is 15.2. The molecule has 1 saturated heterocycles. The third-order valence-electron chi connectivity index (χ3n) is 4.27. The van der Waals surface area contributed by atoms with Crippen LogP contribution in [-0.2, 0) is 14.8 Å². The summed E-state index contributed by atoms with van der Waals surface area (Å²) in [6.07, 6.45) is 2.67. The van der Waals surface area contributed by atoms with Gasteiger partial charge in [0, 0.05) is 26.3 Å². The number of hydrogen-bond acceptors (Lipinski definition) is 5. The van der Waals surface area contributed by atoms with E-state index in [1.165, 1.54) is 25.2 Å². The minimum atomic E-state index is -3.58. The van der Waals surface area contributed by atoms with E-state index >= 15 is 0 Å². The first-order valence-corrected chi connectivity index (χ1v) is 9.62. The molecule has 0 aliphatic carbocycles. The van der Waals surface area contributed by atoms with E-state index in [9.17, 15) is 23.1 Å². The quantitative estimate of drug-likeness (QED) is 0.802. The van der Waals surface area contributed by atoms with Gasteiger partial charge in [-0.1, -0.05) is 0 Å². The van der Waals surface area contributed by atoms with Crippen LogP contribution in [0.1, 0.15) is 33.6 Å². The Morgan fingerprint density at radius 1 is 1.32 bits per heavy atom. The average Bonchev–Trinajstić information content (AvgIpc) is 3.00. The third kappa shape index (κ3) is 4.29. The molecule has 0 saturated carbocycles. The molecule has 1 N–H and O–H groups in total. The molecule has 0 unspecified atom stereocenters. The van der Waals surface area contributed by atoms with Gasteiger partial charge in [0.25, 0.3) is 5.91 Å². The van der Waals surface area contributed by atoms with Crippen molar-refractivity contribution in [3.05, 3.63) is 29.3 Å². The topological polar surface area (TPSA) is 104 Å². The van der Waals surface area contributed by atoms with Gasteiger partial charge in [-0.2, -0.15) is 0 Å². The number of aromatic carboxylic acids is 1. The van der Waals surface area contributed by atoms with Crippen LogP contribution < -0.4 is 4.31 Å². The standard InChI is InChI=1S/C16H22N2O6S/c1-17(25(3,22)23)14-8-11(7-12(9-14)16(20)21)15(19)18-6-4-5-13(18)10-24-2/h7-9,13H,4-6,10H2,1-3H3,(H,20,21)/t13-/m1/s1. The molecule has 0 aromatic heterocycles. The number of rotatable bonds is 6. The predicted molar refractivity (Wildman–Crippen MR) is 92.6 cm³/mol. The fourth-order valence-corrected chi connectivity index (χ4v) is 3.35. The Morgan fingerprint density at radius 3 is 2.52 bits per heavy atom. The number of sulfonamides is 1. The number of ether oxygens (including phenoxy) is 1. The molecule has 2 rings (SSSR count). The number of carbonyl (C=O) groups is 2. The fraction of sp³-hybridized carbons (Fsp3) is 0.500. The van der Waals surface area contributed by atoms with Crippen molar-refractivity contribution in [1.29, 1.82) is 0 Å². The highest BCUT2D eigenvalue weighted by Gasteiger charge is 2.30.